The molecule has 2 rings (SSSR count). The molecule has 7 nitrogen and oxygen atoms in total. The highest BCUT2D eigenvalue weighted by Crippen LogP contribution is 2.19. The molecule has 0 atom stereocenters. The number of nitrogens with zero attached hydrogens (tertiary/aromatic N) is 4. The fraction of sp³-hybridized carbons (Fsp3) is 0.385. The first kappa shape index (κ1) is 17.1. The third-order valence-electron chi connectivity index (χ3n) is 2.86. The Morgan fingerprint density at radius 1 is 1.38 bits per heavy atom. The molecule has 0 bridgehead atoms. The summed E-state index contributed by atoms with van der Waals surface area (Å²) in [5.74, 6) is 0.671. The zero-order valence-electron chi connectivity index (χ0n) is 12.0. The van der Waals surface area contributed by atoms with Gasteiger partial charge in [-0.05, 0) is 42.6 Å². The van der Waals surface area contributed by atoms with Crippen LogP contribution >= 0.6 is 12.4 Å². The Kier molecular flexibility index (Phi) is 6.77. The largest absolute Gasteiger partial charge is 0.326 e. The Labute approximate surface area is 129 Å². The second-order valence-electron chi connectivity index (χ2n) is 4.46. The summed E-state index contributed by atoms with van der Waals surface area (Å²) in [5.41, 5.74) is 1.62. The summed E-state index contributed by atoms with van der Waals surface area (Å²) in [5, 5.41) is 17.2. The van der Waals surface area contributed by atoms with Gasteiger partial charge in [0.1, 0.15) is 0 Å². The highest BCUT2D eigenvalue weighted by Gasteiger charge is 2.07. The van der Waals surface area contributed by atoms with Crippen LogP contribution in [0.25, 0.3) is 11.4 Å². The van der Waals surface area contributed by atoms with Crippen molar-refractivity contribution in [2.45, 2.75) is 12.8 Å². The van der Waals surface area contributed by atoms with E-state index in [1.165, 1.54) is 0 Å². The minimum absolute atomic E-state index is 0. The molecule has 0 saturated heterocycles. The molecule has 0 unspecified atom stereocenters. The second-order valence-corrected chi connectivity index (χ2v) is 4.46. The van der Waals surface area contributed by atoms with Gasteiger partial charge in [-0.2, -0.15) is 0 Å². The number of aryl methyl sites for hydroxylation is 1. The number of halogens is 1. The Bertz CT molecular complexity index is 586. The predicted molar refractivity (Wildman–Crippen MR) is 83.3 cm³/mol. The van der Waals surface area contributed by atoms with Gasteiger partial charge in [0.25, 0.3) is 0 Å². The molecule has 1 heterocycles. The maximum atomic E-state index is 11.8. The monoisotopic (exact) mass is 310 g/mol. The minimum Gasteiger partial charge on any atom is -0.326 e. The van der Waals surface area contributed by atoms with Crippen LogP contribution in [0.1, 0.15) is 12.8 Å². The molecular formula is C13H19ClN6O. The first-order valence-electron chi connectivity index (χ1n) is 6.48. The van der Waals surface area contributed by atoms with Crippen molar-refractivity contribution in [3.63, 3.8) is 0 Å². The first-order chi connectivity index (χ1) is 9.70. The Balaban J connectivity index is 0.00000220. The fourth-order valence-electron chi connectivity index (χ4n) is 1.86. The van der Waals surface area contributed by atoms with Crippen molar-refractivity contribution in [3.8, 4) is 11.4 Å². The molecule has 8 heteroatoms. The quantitative estimate of drug-likeness (QED) is 0.784. The van der Waals surface area contributed by atoms with Crippen molar-refractivity contribution >= 4 is 24.0 Å². The minimum atomic E-state index is 0. The number of rotatable bonds is 6. The summed E-state index contributed by atoms with van der Waals surface area (Å²) < 4.78 is 1.59. The lowest BCUT2D eigenvalue weighted by atomic mass is 10.2. The number of aromatic nitrogens is 4. The number of hydrogen-bond acceptors (Lipinski definition) is 5. The molecule has 0 aliphatic rings. The smallest absolute Gasteiger partial charge is 0.224 e. The highest BCUT2D eigenvalue weighted by atomic mass is 35.5. The summed E-state index contributed by atoms with van der Waals surface area (Å²) in [6.07, 6.45) is 1.31. The highest BCUT2D eigenvalue weighted by molar-refractivity contribution is 5.91. The van der Waals surface area contributed by atoms with Gasteiger partial charge in [0.15, 0.2) is 5.82 Å². The number of carbonyl (C=O) groups is 1. The summed E-state index contributed by atoms with van der Waals surface area (Å²) in [7, 11) is 3.65. The Morgan fingerprint density at radius 3 is 2.86 bits per heavy atom. The van der Waals surface area contributed by atoms with Crippen molar-refractivity contribution in [3.05, 3.63) is 24.3 Å². The Hall–Kier alpha value is -1.99. The van der Waals surface area contributed by atoms with E-state index in [1.807, 2.05) is 31.3 Å². The van der Waals surface area contributed by atoms with Crippen molar-refractivity contribution in [2.24, 2.45) is 7.05 Å². The maximum Gasteiger partial charge on any atom is 0.224 e. The SMILES string of the molecule is CNCCCC(=O)Nc1cccc(-c2nnnn2C)c1.Cl. The molecule has 0 aliphatic heterocycles. The normalized spacial score (nSPS) is 10.0. The van der Waals surface area contributed by atoms with Gasteiger partial charge in [0, 0.05) is 24.7 Å². The summed E-state index contributed by atoms with van der Waals surface area (Å²) in [6, 6.07) is 7.49. The predicted octanol–water partition coefficient (Wildman–Crippen LogP) is 1.24. The number of benzene rings is 1. The van der Waals surface area contributed by atoms with Gasteiger partial charge in [-0.15, -0.1) is 17.5 Å². The van der Waals surface area contributed by atoms with E-state index in [0.717, 1.165) is 24.2 Å². The summed E-state index contributed by atoms with van der Waals surface area (Å²) in [4.78, 5) is 11.8. The number of hydrogen-bond donors (Lipinski definition) is 2. The van der Waals surface area contributed by atoms with Crippen molar-refractivity contribution in [1.82, 2.24) is 25.5 Å². The standard InChI is InChI=1S/C13H18N6O.ClH/c1-14-8-4-7-12(20)15-11-6-3-5-10(9-11)13-16-17-18-19(13)2;/h3,5-6,9,14H,4,7-8H2,1-2H3,(H,15,20);1H. The summed E-state index contributed by atoms with van der Waals surface area (Å²) >= 11 is 0. The van der Waals surface area contributed by atoms with E-state index in [-0.39, 0.29) is 18.3 Å². The van der Waals surface area contributed by atoms with E-state index < -0.39 is 0 Å². The molecule has 1 aromatic carbocycles. The van der Waals surface area contributed by atoms with Crippen LogP contribution in [0, 0.1) is 0 Å². The third-order valence-corrected chi connectivity index (χ3v) is 2.86. The van der Waals surface area contributed by atoms with Crippen LogP contribution < -0.4 is 10.6 Å². The molecule has 2 N–H and O–H groups in total. The van der Waals surface area contributed by atoms with Gasteiger partial charge < -0.3 is 10.6 Å². The van der Waals surface area contributed by atoms with E-state index in [0.29, 0.717) is 12.2 Å². The van der Waals surface area contributed by atoms with Crippen LogP contribution in [0.3, 0.4) is 0 Å². The van der Waals surface area contributed by atoms with Gasteiger partial charge in [-0.1, -0.05) is 12.1 Å². The lowest BCUT2D eigenvalue weighted by Gasteiger charge is -2.07. The zero-order chi connectivity index (χ0) is 14.4. The van der Waals surface area contributed by atoms with Gasteiger partial charge >= 0.3 is 0 Å². The van der Waals surface area contributed by atoms with Crippen molar-refractivity contribution in [1.29, 1.82) is 0 Å². The van der Waals surface area contributed by atoms with Crippen LogP contribution in [0.5, 0.6) is 0 Å². The van der Waals surface area contributed by atoms with E-state index >= 15 is 0 Å². The molecule has 2 aromatic rings. The van der Waals surface area contributed by atoms with Crippen LogP contribution in [0.4, 0.5) is 5.69 Å². The Morgan fingerprint density at radius 2 is 2.19 bits per heavy atom. The molecule has 114 valence electrons. The van der Waals surface area contributed by atoms with Crippen molar-refractivity contribution < 1.29 is 4.79 Å². The average Bonchev–Trinajstić information content (AvgIpc) is 2.85. The molecule has 0 aliphatic carbocycles. The number of nitrogens with one attached hydrogen (secondary N) is 2. The topological polar surface area (TPSA) is 84.7 Å². The molecule has 0 fully saturated rings. The summed E-state index contributed by atoms with van der Waals surface area (Å²) in [6.45, 7) is 0.831. The second kappa shape index (κ2) is 8.33. The number of carbonyl (C=O) groups excluding carboxylic acids is 1. The van der Waals surface area contributed by atoms with Gasteiger partial charge in [-0.25, -0.2) is 4.68 Å². The van der Waals surface area contributed by atoms with E-state index in [1.54, 1.807) is 11.7 Å². The first-order valence-corrected chi connectivity index (χ1v) is 6.48. The molecule has 1 aromatic heterocycles. The molecule has 1 amide bonds. The average molecular weight is 311 g/mol. The van der Waals surface area contributed by atoms with Gasteiger partial charge in [-0.3, -0.25) is 4.79 Å². The van der Waals surface area contributed by atoms with E-state index in [2.05, 4.69) is 26.2 Å². The van der Waals surface area contributed by atoms with Crippen molar-refractivity contribution in [2.75, 3.05) is 18.9 Å². The number of amides is 1. The lowest BCUT2D eigenvalue weighted by Crippen LogP contribution is -2.15. The zero-order valence-corrected chi connectivity index (χ0v) is 12.9. The van der Waals surface area contributed by atoms with Crippen LogP contribution in [0.2, 0.25) is 0 Å². The maximum absolute atomic E-state index is 11.8. The molecule has 0 saturated carbocycles. The van der Waals surface area contributed by atoms with Gasteiger partial charge in [0.05, 0.1) is 0 Å². The third kappa shape index (κ3) is 4.80. The number of anilines is 1. The van der Waals surface area contributed by atoms with E-state index in [9.17, 15) is 4.79 Å². The van der Waals surface area contributed by atoms with Crippen LogP contribution in [-0.2, 0) is 11.8 Å². The molecular weight excluding hydrogens is 292 g/mol. The van der Waals surface area contributed by atoms with Gasteiger partial charge in [0.2, 0.25) is 5.91 Å². The van der Waals surface area contributed by atoms with E-state index in [4.69, 9.17) is 0 Å². The number of tetrazole rings is 1. The molecule has 0 radical (unpaired) electrons. The molecule has 0 spiro atoms. The van der Waals surface area contributed by atoms with Crippen LogP contribution in [0.15, 0.2) is 24.3 Å². The van der Waals surface area contributed by atoms with Crippen LogP contribution in [-0.4, -0.2) is 39.7 Å². The molecule has 21 heavy (non-hydrogen) atoms. The fourth-order valence-corrected chi connectivity index (χ4v) is 1.86. The lowest BCUT2D eigenvalue weighted by molar-refractivity contribution is -0.116.